The van der Waals surface area contributed by atoms with E-state index >= 15 is 0 Å². The molecular weight excluding hydrogens is 258 g/mol. The van der Waals surface area contributed by atoms with Gasteiger partial charge in [0.2, 0.25) is 10.0 Å². The summed E-state index contributed by atoms with van der Waals surface area (Å²) in [6.45, 7) is 5.63. The van der Waals surface area contributed by atoms with Crippen LogP contribution >= 0.6 is 0 Å². The zero-order valence-corrected chi connectivity index (χ0v) is 12.6. The van der Waals surface area contributed by atoms with Gasteiger partial charge in [0.1, 0.15) is 0 Å². The topological polar surface area (TPSA) is 37.4 Å². The monoisotopic (exact) mass is 281 g/mol. The molecule has 1 aliphatic heterocycles. The molecule has 3 nitrogen and oxygen atoms in total. The minimum atomic E-state index is -3.28. The fraction of sp³-hybridized carbons (Fsp3) is 0.600. The van der Waals surface area contributed by atoms with Crippen molar-refractivity contribution in [2.24, 2.45) is 0 Å². The van der Waals surface area contributed by atoms with Crippen molar-refractivity contribution >= 4 is 10.0 Å². The van der Waals surface area contributed by atoms with Gasteiger partial charge >= 0.3 is 0 Å². The molecule has 1 heterocycles. The molecule has 1 fully saturated rings. The molecule has 1 unspecified atom stereocenters. The Hall–Kier alpha value is -0.870. The van der Waals surface area contributed by atoms with Crippen LogP contribution in [-0.4, -0.2) is 25.8 Å². The number of sulfonamides is 1. The van der Waals surface area contributed by atoms with E-state index in [-0.39, 0.29) is 0 Å². The Labute approximate surface area is 116 Å². The molecule has 0 aromatic heterocycles. The molecule has 0 bridgehead atoms. The van der Waals surface area contributed by atoms with Crippen LogP contribution in [0.1, 0.15) is 51.0 Å². The number of hydrogen-bond acceptors (Lipinski definition) is 2. The number of hydrogen-bond donors (Lipinski definition) is 0. The maximum Gasteiger partial charge on any atom is 0.243 e. The Morgan fingerprint density at radius 1 is 1.11 bits per heavy atom. The van der Waals surface area contributed by atoms with Gasteiger partial charge in [0.05, 0.1) is 4.90 Å². The van der Waals surface area contributed by atoms with Crippen molar-refractivity contribution in [3.8, 4) is 0 Å². The molecule has 1 saturated heterocycles. The summed E-state index contributed by atoms with van der Waals surface area (Å²) in [5.74, 6) is 0.478. The van der Waals surface area contributed by atoms with Crippen molar-refractivity contribution in [3.63, 3.8) is 0 Å². The molecule has 0 amide bonds. The van der Waals surface area contributed by atoms with Crippen LogP contribution in [0.4, 0.5) is 0 Å². The van der Waals surface area contributed by atoms with Crippen LogP contribution in [0, 0.1) is 0 Å². The molecule has 0 saturated carbocycles. The van der Waals surface area contributed by atoms with E-state index in [9.17, 15) is 8.42 Å². The first kappa shape index (κ1) is 14.5. The van der Waals surface area contributed by atoms with E-state index in [2.05, 4.69) is 13.8 Å². The van der Waals surface area contributed by atoms with Gasteiger partial charge in [0.25, 0.3) is 0 Å². The first-order chi connectivity index (χ1) is 9.05. The Balaban J connectivity index is 2.21. The molecule has 2 rings (SSSR count). The lowest BCUT2D eigenvalue weighted by Gasteiger charge is -2.26. The van der Waals surface area contributed by atoms with Crippen LogP contribution in [0.25, 0.3) is 0 Å². The first-order valence-corrected chi connectivity index (χ1v) is 8.60. The molecular formula is C15H23NO2S. The van der Waals surface area contributed by atoms with Crippen molar-refractivity contribution in [1.29, 1.82) is 0 Å². The molecule has 19 heavy (non-hydrogen) atoms. The lowest BCUT2D eigenvalue weighted by molar-refractivity contribution is 0.346. The Morgan fingerprint density at radius 2 is 1.68 bits per heavy atom. The Morgan fingerprint density at radius 3 is 2.21 bits per heavy atom. The van der Waals surface area contributed by atoms with Crippen molar-refractivity contribution in [3.05, 3.63) is 29.8 Å². The molecule has 4 heteroatoms. The van der Waals surface area contributed by atoms with E-state index < -0.39 is 10.0 Å². The normalized spacial score (nSPS) is 19.3. The van der Waals surface area contributed by atoms with Gasteiger partial charge in [-0.25, -0.2) is 8.42 Å². The molecule has 0 radical (unpaired) electrons. The lowest BCUT2D eigenvalue weighted by atomic mass is 9.99. The maximum absolute atomic E-state index is 12.5. The summed E-state index contributed by atoms with van der Waals surface area (Å²) in [5, 5.41) is 0. The fourth-order valence-electron chi connectivity index (χ4n) is 2.46. The average Bonchev–Trinajstić information content (AvgIpc) is 2.47. The summed E-state index contributed by atoms with van der Waals surface area (Å²) >= 11 is 0. The average molecular weight is 281 g/mol. The van der Waals surface area contributed by atoms with Crippen LogP contribution < -0.4 is 0 Å². The number of rotatable bonds is 4. The summed E-state index contributed by atoms with van der Waals surface area (Å²) in [7, 11) is -3.28. The molecule has 0 aliphatic carbocycles. The number of nitrogens with zero attached hydrogens (tertiary/aromatic N) is 1. The van der Waals surface area contributed by atoms with E-state index in [1.807, 2.05) is 12.1 Å². The molecule has 1 aliphatic rings. The third-order valence-corrected chi connectivity index (χ3v) is 5.93. The standard InChI is InChI=1S/C15H23NO2S/c1-3-13(2)14-7-9-15(10-8-14)19(17,18)16-11-5-4-6-12-16/h7-10,13H,3-6,11-12H2,1-2H3. The molecule has 1 aromatic rings. The Bertz CT molecular complexity index is 501. The zero-order valence-electron chi connectivity index (χ0n) is 11.8. The van der Waals surface area contributed by atoms with E-state index in [4.69, 9.17) is 0 Å². The highest BCUT2D eigenvalue weighted by Gasteiger charge is 2.25. The summed E-state index contributed by atoms with van der Waals surface area (Å²) in [6.07, 6.45) is 4.16. The van der Waals surface area contributed by atoms with Gasteiger partial charge in [0.15, 0.2) is 0 Å². The fourth-order valence-corrected chi connectivity index (χ4v) is 3.98. The van der Waals surface area contributed by atoms with E-state index in [1.165, 1.54) is 5.56 Å². The second-order valence-corrected chi connectivity index (χ2v) is 7.28. The summed E-state index contributed by atoms with van der Waals surface area (Å²) in [5.41, 5.74) is 1.21. The third kappa shape index (κ3) is 3.18. The van der Waals surface area contributed by atoms with Crippen LogP contribution in [0.2, 0.25) is 0 Å². The Kier molecular flexibility index (Phi) is 4.63. The van der Waals surface area contributed by atoms with Crippen LogP contribution in [0.3, 0.4) is 0 Å². The quantitative estimate of drug-likeness (QED) is 0.848. The molecule has 0 N–H and O–H groups in total. The highest BCUT2D eigenvalue weighted by molar-refractivity contribution is 7.89. The SMILES string of the molecule is CCC(C)c1ccc(S(=O)(=O)N2CCCCC2)cc1. The van der Waals surface area contributed by atoms with Crippen LogP contribution in [-0.2, 0) is 10.0 Å². The maximum atomic E-state index is 12.5. The van der Waals surface area contributed by atoms with Gasteiger partial charge in [-0.15, -0.1) is 0 Å². The molecule has 106 valence electrons. The summed E-state index contributed by atoms with van der Waals surface area (Å²) in [4.78, 5) is 0.432. The highest BCUT2D eigenvalue weighted by atomic mass is 32.2. The number of piperidine rings is 1. The van der Waals surface area contributed by atoms with Gasteiger partial charge in [-0.2, -0.15) is 4.31 Å². The summed E-state index contributed by atoms with van der Waals surface area (Å²) in [6, 6.07) is 7.41. The van der Waals surface area contributed by atoms with Crippen LogP contribution in [0.5, 0.6) is 0 Å². The molecule has 0 spiro atoms. The third-order valence-electron chi connectivity index (χ3n) is 4.01. The minimum Gasteiger partial charge on any atom is -0.207 e. The predicted octanol–water partition coefficient (Wildman–Crippen LogP) is 3.37. The van der Waals surface area contributed by atoms with Crippen molar-refractivity contribution in [2.45, 2.75) is 50.3 Å². The van der Waals surface area contributed by atoms with Crippen molar-refractivity contribution < 1.29 is 8.42 Å². The van der Waals surface area contributed by atoms with E-state index in [0.717, 1.165) is 25.7 Å². The van der Waals surface area contributed by atoms with Crippen molar-refractivity contribution in [1.82, 2.24) is 4.31 Å². The van der Waals surface area contributed by atoms with E-state index in [0.29, 0.717) is 23.9 Å². The second-order valence-electron chi connectivity index (χ2n) is 5.34. The summed E-state index contributed by atoms with van der Waals surface area (Å²) < 4.78 is 26.5. The van der Waals surface area contributed by atoms with Gasteiger partial charge in [-0.3, -0.25) is 0 Å². The van der Waals surface area contributed by atoms with Gasteiger partial charge < -0.3 is 0 Å². The second kappa shape index (κ2) is 6.06. The van der Waals surface area contributed by atoms with Crippen LogP contribution in [0.15, 0.2) is 29.2 Å². The minimum absolute atomic E-state index is 0.432. The zero-order chi connectivity index (χ0) is 13.9. The largest absolute Gasteiger partial charge is 0.243 e. The smallest absolute Gasteiger partial charge is 0.207 e. The van der Waals surface area contributed by atoms with Gasteiger partial charge in [0, 0.05) is 13.1 Å². The van der Waals surface area contributed by atoms with E-state index in [1.54, 1.807) is 16.4 Å². The lowest BCUT2D eigenvalue weighted by Crippen LogP contribution is -2.35. The van der Waals surface area contributed by atoms with Gasteiger partial charge in [-0.1, -0.05) is 32.4 Å². The van der Waals surface area contributed by atoms with Crippen molar-refractivity contribution in [2.75, 3.05) is 13.1 Å². The first-order valence-electron chi connectivity index (χ1n) is 7.16. The predicted molar refractivity (Wildman–Crippen MR) is 77.8 cm³/mol. The number of benzene rings is 1. The highest BCUT2D eigenvalue weighted by Crippen LogP contribution is 2.24. The molecule has 1 aromatic carbocycles. The van der Waals surface area contributed by atoms with Gasteiger partial charge in [-0.05, 0) is 42.9 Å². The molecule has 1 atom stereocenters.